The summed E-state index contributed by atoms with van der Waals surface area (Å²) in [5.41, 5.74) is 1.14. The molecule has 1 aromatic carbocycles. The predicted octanol–water partition coefficient (Wildman–Crippen LogP) is 3.65. The molecule has 0 radical (unpaired) electrons. The maximum absolute atomic E-state index is 13.8. The number of aromatic nitrogens is 1. The van der Waals surface area contributed by atoms with Crippen LogP contribution >= 0.6 is 0 Å². The highest BCUT2D eigenvalue weighted by molar-refractivity contribution is 5.93. The number of likely N-dealkylation sites (tertiary alicyclic amines) is 1. The minimum Gasteiger partial charge on any atom is -0.483 e. The first kappa shape index (κ1) is 22.4. The minimum atomic E-state index is -0.515. The lowest BCUT2D eigenvalue weighted by molar-refractivity contribution is -0.122. The molecule has 0 unspecified atom stereocenters. The Kier molecular flexibility index (Phi) is 6.55. The number of halogens is 2. The summed E-state index contributed by atoms with van der Waals surface area (Å²) < 4.78 is 32.9. The Morgan fingerprint density at radius 3 is 2.56 bits per heavy atom. The topological polar surface area (TPSA) is 86.9 Å². The summed E-state index contributed by atoms with van der Waals surface area (Å²) >= 11 is 0. The Hall–Kier alpha value is -2.81. The van der Waals surface area contributed by atoms with E-state index in [0.717, 1.165) is 43.9 Å². The second kappa shape index (κ2) is 9.36. The second-order valence-electron chi connectivity index (χ2n) is 8.85. The zero-order valence-electron chi connectivity index (χ0n) is 17.9. The van der Waals surface area contributed by atoms with Gasteiger partial charge in [-0.15, -0.1) is 0 Å². The number of fused-ring (bicyclic) bond motifs is 4. The van der Waals surface area contributed by atoms with E-state index in [9.17, 15) is 13.6 Å². The lowest BCUT2D eigenvalue weighted by Crippen LogP contribution is -2.60. The van der Waals surface area contributed by atoms with Gasteiger partial charge in [-0.3, -0.25) is 14.5 Å². The summed E-state index contributed by atoms with van der Waals surface area (Å²) in [6.07, 6.45) is 5.43. The van der Waals surface area contributed by atoms with Crippen molar-refractivity contribution in [3.63, 3.8) is 0 Å². The van der Waals surface area contributed by atoms with Crippen LogP contribution in [-0.4, -0.2) is 57.9 Å². The van der Waals surface area contributed by atoms with E-state index in [-0.39, 0.29) is 18.4 Å². The highest BCUT2D eigenvalue weighted by atomic mass is 19.1. The first-order chi connectivity index (χ1) is 15.4. The third kappa shape index (κ3) is 4.39. The van der Waals surface area contributed by atoms with Gasteiger partial charge in [-0.2, -0.15) is 0 Å². The van der Waals surface area contributed by atoms with Crippen molar-refractivity contribution in [3.05, 3.63) is 53.2 Å². The van der Waals surface area contributed by atoms with Gasteiger partial charge in [0.15, 0.2) is 12.1 Å². The van der Waals surface area contributed by atoms with Crippen molar-refractivity contribution in [2.24, 2.45) is 11.8 Å². The van der Waals surface area contributed by atoms with E-state index in [4.69, 9.17) is 14.3 Å². The molecule has 32 heavy (non-hydrogen) atoms. The highest BCUT2D eigenvalue weighted by Crippen LogP contribution is 2.44. The van der Waals surface area contributed by atoms with Crippen molar-refractivity contribution >= 4 is 12.4 Å². The molecule has 1 aromatic heterocycles. The van der Waals surface area contributed by atoms with Crippen LogP contribution in [0.2, 0.25) is 0 Å². The molecule has 3 saturated heterocycles. The third-order valence-electron chi connectivity index (χ3n) is 6.89. The van der Waals surface area contributed by atoms with Crippen LogP contribution in [0.5, 0.6) is 0 Å². The number of hydrogen-bond acceptors (Lipinski definition) is 5. The summed E-state index contributed by atoms with van der Waals surface area (Å²) in [6.45, 7) is 3.75. The van der Waals surface area contributed by atoms with Crippen molar-refractivity contribution in [2.45, 2.75) is 44.7 Å². The number of carbonyl (C=O) groups is 2. The third-order valence-corrected chi connectivity index (χ3v) is 6.89. The van der Waals surface area contributed by atoms with Crippen LogP contribution < -0.4 is 0 Å². The zero-order chi connectivity index (χ0) is 22.8. The standard InChI is InChI=1S/C22H25F2N3O2.CH2O2/c1-13-21(25-12-29-13)22(28)26-9-14-5-16(11-26)20-4-2-3-19(27(20)10-14)15-6-17(23)8-18(24)7-15;2-1-3/h6-8,12,14,16,19-20H,2-5,9-11H2,1H3;1H,(H,2,3)/t14-,16+,19+,20-;/m0./s1. The maximum atomic E-state index is 13.8. The molecule has 4 atom stereocenters. The quantitative estimate of drug-likeness (QED) is 0.708. The first-order valence-electron chi connectivity index (χ1n) is 10.9. The summed E-state index contributed by atoms with van der Waals surface area (Å²) in [6, 6.07) is 4.27. The number of piperidine rings is 3. The van der Waals surface area contributed by atoms with Crippen molar-refractivity contribution in [3.8, 4) is 0 Å². The van der Waals surface area contributed by atoms with E-state index in [1.807, 2.05) is 4.90 Å². The number of carboxylic acid groups (broad SMARTS) is 1. The number of amides is 1. The van der Waals surface area contributed by atoms with Gasteiger partial charge in [0.05, 0.1) is 0 Å². The smallest absolute Gasteiger partial charge is 0.290 e. The lowest BCUT2D eigenvalue weighted by atomic mass is 9.74. The molecule has 5 rings (SSSR count). The Morgan fingerprint density at radius 1 is 1.19 bits per heavy atom. The van der Waals surface area contributed by atoms with E-state index >= 15 is 0 Å². The molecule has 2 aromatic rings. The Morgan fingerprint density at radius 2 is 1.91 bits per heavy atom. The van der Waals surface area contributed by atoms with Gasteiger partial charge in [-0.25, -0.2) is 13.8 Å². The van der Waals surface area contributed by atoms with E-state index in [0.29, 0.717) is 42.4 Å². The number of nitrogens with zero attached hydrogens (tertiary/aromatic N) is 3. The summed E-state index contributed by atoms with van der Waals surface area (Å²) in [4.78, 5) is 29.8. The molecular weight excluding hydrogens is 420 g/mol. The Labute approximate surface area is 185 Å². The average molecular weight is 447 g/mol. The Bertz CT molecular complexity index is 962. The first-order valence-corrected chi connectivity index (χ1v) is 10.9. The molecule has 1 amide bonds. The van der Waals surface area contributed by atoms with Crippen molar-refractivity contribution in [1.82, 2.24) is 14.8 Å². The van der Waals surface area contributed by atoms with Gasteiger partial charge in [0, 0.05) is 37.8 Å². The molecule has 0 spiro atoms. The van der Waals surface area contributed by atoms with E-state index in [1.54, 1.807) is 6.92 Å². The molecular formula is C23H27F2N3O4. The molecule has 3 aliphatic heterocycles. The second-order valence-corrected chi connectivity index (χ2v) is 8.85. The monoisotopic (exact) mass is 447 g/mol. The molecule has 3 fully saturated rings. The van der Waals surface area contributed by atoms with Crippen LogP contribution in [0.25, 0.3) is 0 Å². The van der Waals surface area contributed by atoms with E-state index in [1.165, 1.54) is 18.5 Å². The van der Waals surface area contributed by atoms with Crippen LogP contribution in [0.15, 0.2) is 29.0 Å². The lowest BCUT2D eigenvalue weighted by Gasteiger charge is -2.55. The van der Waals surface area contributed by atoms with Crippen molar-refractivity contribution in [2.75, 3.05) is 19.6 Å². The molecule has 0 saturated carbocycles. The fourth-order valence-electron chi connectivity index (χ4n) is 5.76. The molecule has 4 heterocycles. The van der Waals surface area contributed by atoms with Gasteiger partial charge in [0.2, 0.25) is 0 Å². The molecule has 172 valence electrons. The van der Waals surface area contributed by atoms with E-state index in [2.05, 4.69) is 9.88 Å². The maximum Gasteiger partial charge on any atom is 0.290 e. The summed E-state index contributed by atoms with van der Waals surface area (Å²) in [5.74, 6) is 0.204. The molecule has 2 bridgehead atoms. The van der Waals surface area contributed by atoms with Crippen LogP contribution in [0.4, 0.5) is 8.78 Å². The fourth-order valence-corrected chi connectivity index (χ4v) is 5.76. The number of hydrogen-bond donors (Lipinski definition) is 1. The van der Waals surface area contributed by atoms with Crippen LogP contribution in [-0.2, 0) is 4.79 Å². The number of aryl methyl sites for hydroxylation is 1. The zero-order valence-corrected chi connectivity index (χ0v) is 17.9. The van der Waals surface area contributed by atoms with Gasteiger partial charge in [0.1, 0.15) is 17.4 Å². The van der Waals surface area contributed by atoms with Gasteiger partial charge < -0.3 is 14.4 Å². The normalized spacial score (nSPS) is 27.2. The van der Waals surface area contributed by atoms with Gasteiger partial charge >= 0.3 is 0 Å². The summed E-state index contributed by atoms with van der Waals surface area (Å²) in [7, 11) is 0. The Balaban J connectivity index is 0.000000775. The molecule has 9 heteroatoms. The SMILES string of the molecule is Cc1ocnc1C(=O)N1C[C@@H]2C[C@H](C1)[C@@H]1CCC[C@H](c3cc(F)cc(F)c3)N1C2.O=CO. The molecule has 7 nitrogen and oxygen atoms in total. The number of oxazole rings is 1. The van der Waals surface area contributed by atoms with Crippen molar-refractivity contribution in [1.29, 1.82) is 0 Å². The van der Waals surface area contributed by atoms with Crippen molar-refractivity contribution < 1.29 is 27.9 Å². The molecule has 3 aliphatic rings. The van der Waals surface area contributed by atoms with E-state index < -0.39 is 11.6 Å². The number of carbonyl (C=O) groups excluding carboxylic acids is 1. The van der Waals surface area contributed by atoms with Crippen LogP contribution in [0.1, 0.15) is 53.5 Å². The fraction of sp³-hybridized carbons (Fsp3) is 0.522. The number of benzene rings is 1. The van der Waals surface area contributed by atoms with Gasteiger partial charge in [-0.1, -0.05) is 0 Å². The van der Waals surface area contributed by atoms with Crippen LogP contribution in [0, 0.1) is 30.4 Å². The predicted molar refractivity (Wildman–Crippen MR) is 111 cm³/mol. The number of rotatable bonds is 2. The molecule has 0 aliphatic carbocycles. The summed E-state index contributed by atoms with van der Waals surface area (Å²) in [5, 5.41) is 6.89. The average Bonchev–Trinajstić information content (AvgIpc) is 3.18. The molecule has 1 N–H and O–H groups in total. The van der Waals surface area contributed by atoms with Gasteiger partial charge in [-0.05, 0) is 62.1 Å². The van der Waals surface area contributed by atoms with Gasteiger partial charge in [0.25, 0.3) is 12.4 Å². The van der Waals surface area contributed by atoms with Crippen LogP contribution in [0.3, 0.4) is 0 Å². The largest absolute Gasteiger partial charge is 0.483 e. The highest BCUT2D eigenvalue weighted by Gasteiger charge is 2.46. The minimum absolute atomic E-state index is 0.0456.